The van der Waals surface area contributed by atoms with Crippen molar-refractivity contribution >= 4 is 0 Å². The first-order valence-corrected chi connectivity index (χ1v) is 12.7. The summed E-state index contributed by atoms with van der Waals surface area (Å²) in [6.07, 6.45) is 23.2. The van der Waals surface area contributed by atoms with Crippen molar-refractivity contribution in [3.05, 3.63) is 43.2 Å². The van der Waals surface area contributed by atoms with Crippen molar-refractivity contribution in [2.75, 3.05) is 20.6 Å². The molecular weight excluding hydrogens is 410 g/mol. The molecule has 1 aromatic carbocycles. The van der Waals surface area contributed by atoms with Crippen LogP contribution in [0.15, 0.2) is 6.07 Å². The Hall–Kier alpha value is 0.0243. The first-order chi connectivity index (χ1) is 13.7. The van der Waals surface area contributed by atoms with E-state index in [1.54, 1.807) is 0 Å². The molecule has 0 aliphatic heterocycles. The van der Waals surface area contributed by atoms with Crippen molar-refractivity contribution in [3.63, 3.8) is 0 Å². The van der Waals surface area contributed by atoms with Crippen LogP contribution in [0.2, 0.25) is 0 Å². The third-order valence-electron chi connectivity index (χ3n) is 8.21. The number of hydrogen-bond acceptors (Lipinski definition) is 1. The van der Waals surface area contributed by atoms with Gasteiger partial charge >= 0.3 is 21.7 Å². The van der Waals surface area contributed by atoms with Crippen LogP contribution in [0.5, 0.6) is 0 Å². The molecule has 31 heavy (non-hydrogen) atoms. The van der Waals surface area contributed by atoms with Gasteiger partial charge in [0, 0.05) is 0 Å². The van der Waals surface area contributed by atoms with Gasteiger partial charge in [0.2, 0.25) is 0 Å². The van der Waals surface area contributed by atoms with Gasteiger partial charge in [0.05, 0.1) is 0 Å². The van der Waals surface area contributed by atoms with Gasteiger partial charge in [-0.15, -0.1) is 5.56 Å². The fourth-order valence-corrected chi connectivity index (χ4v) is 6.68. The molecule has 1 aromatic rings. The van der Waals surface area contributed by atoms with E-state index >= 15 is 0 Å². The molecule has 175 valence electrons. The summed E-state index contributed by atoms with van der Waals surface area (Å²) >= 11 is 0. The summed E-state index contributed by atoms with van der Waals surface area (Å²) in [5.41, 5.74) is 7.41. The van der Waals surface area contributed by atoms with Crippen molar-refractivity contribution in [2.45, 2.75) is 120 Å². The Balaban J connectivity index is 0.00000160. The van der Waals surface area contributed by atoms with E-state index in [-0.39, 0.29) is 36.6 Å². The van der Waals surface area contributed by atoms with Gasteiger partial charge < -0.3 is 19.8 Å². The summed E-state index contributed by atoms with van der Waals surface area (Å²) in [6.45, 7) is 1.22. The van der Waals surface area contributed by atoms with Crippen LogP contribution < -0.4 is 0 Å². The Morgan fingerprint density at radius 2 is 1.16 bits per heavy atom. The van der Waals surface area contributed by atoms with E-state index in [1.807, 2.05) is 22.3 Å². The van der Waals surface area contributed by atoms with Crippen molar-refractivity contribution in [2.24, 2.45) is 0 Å². The molecule has 3 aliphatic carbocycles. The summed E-state index contributed by atoms with van der Waals surface area (Å²) in [5, 5.41) is 0. The zero-order valence-electron chi connectivity index (χ0n) is 21.3. The smallest absolute Gasteiger partial charge is 0.358 e. The normalized spacial score (nSPS) is 21.3. The standard InChI is InChI=1S/C27H44N.2CH3.Ti/c1-28(2)19-18-24-25(21-12-6-3-7-13-21)20-26(22-14-8-4-9-15-22)27(24)23-16-10-5-11-17-23;;;/h20-23H,3-19H2,1-2H3;2*1H3;/q3*-1;+3. The van der Waals surface area contributed by atoms with Crippen molar-refractivity contribution < 1.29 is 21.7 Å². The molecule has 2 heteroatoms. The molecule has 0 N–H and O–H groups in total. The zero-order valence-corrected chi connectivity index (χ0v) is 22.8. The molecule has 3 saturated carbocycles. The fourth-order valence-electron chi connectivity index (χ4n) is 6.68. The molecule has 1 nitrogen and oxygen atoms in total. The first kappa shape index (κ1) is 29.1. The van der Waals surface area contributed by atoms with Gasteiger partial charge in [0.1, 0.15) is 0 Å². The predicted molar refractivity (Wildman–Crippen MR) is 135 cm³/mol. The second-order valence-corrected chi connectivity index (χ2v) is 10.5. The van der Waals surface area contributed by atoms with Crippen LogP contribution in [0.25, 0.3) is 0 Å². The minimum Gasteiger partial charge on any atom is -0.358 e. The molecule has 0 bridgehead atoms. The molecule has 1 radical (unpaired) electrons. The summed E-state index contributed by atoms with van der Waals surface area (Å²) in [5.74, 6) is 2.62. The second-order valence-electron chi connectivity index (χ2n) is 10.5. The third kappa shape index (κ3) is 7.25. The number of hydrogen-bond donors (Lipinski definition) is 0. The molecule has 0 saturated heterocycles. The Morgan fingerprint density at radius 3 is 1.65 bits per heavy atom. The van der Waals surface area contributed by atoms with E-state index in [0.717, 1.165) is 17.8 Å². The molecule has 0 heterocycles. The fraction of sp³-hybridized carbons (Fsp3) is 0.759. The number of likely N-dealkylation sites (N-methyl/N-ethyl adjacent to an activating group) is 1. The maximum absolute atomic E-state index is 2.79. The summed E-state index contributed by atoms with van der Waals surface area (Å²) in [6, 6.07) is 2.79. The maximum atomic E-state index is 2.79. The Kier molecular flexibility index (Phi) is 13.4. The molecule has 0 aromatic heterocycles. The average molecular weight is 461 g/mol. The summed E-state index contributed by atoms with van der Waals surface area (Å²) < 4.78 is 0. The van der Waals surface area contributed by atoms with Crippen LogP contribution in [0.3, 0.4) is 0 Å². The predicted octanol–water partition coefficient (Wildman–Crippen LogP) is 8.55. The minimum absolute atomic E-state index is 0. The van der Waals surface area contributed by atoms with Gasteiger partial charge in [-0.25, -0.2) is 6.07 Å². The van der Waals surface area contributed by atoms with Crippen LogP contribution >= 0.6 is 0 Å². The Morgan fingerprint density at radius 1 is 0.710 bits per heavy atom. The van der Waals surface area contributed by atoms with E-state index < -0.39 is 0 Å². The number of nitrogens with zero attached hydrogens (tertiary/aromatic N) is 1. The van der Waals surface area contributed by atoms with Crippen molar-refractivity contribution in [1.29, 1.82) is 0 Å². The van der Waals surface area contributed by atoms with Crippen molar-refractivity contribution in [1.82, 2.24) is 4.90 Å². The van der Waals surface area contributed by atoms with Gasteiger partial charge in [-0.05, 0) is 58.2 Å². The molecule has 0 spiro atoms. The Labute approximate surface area is 210 Å². The molecule has 3 fully saturated rings. The molecule has 3 aliphatic rings. The summed E-state index contributed by atoms with van der Waals surface area (Å²) in [7, 11) is 4.51. The average Bonchev–Trinajstić information content (AvgIpc) is 3.13. The van der Waals surface area contributed by atoms with Crippen molar-refractivity contribution in [3.8, 4) is 0 Å². The van der Waals surface area contributed by atoms with Crippen LogP contribution in [-0.4, -0.2) is 25.5 Å². The summed E-state index contributed by atoms with van der Waals surface area (Å²) in [4.78, 5) is 2.41. The second kappa shape index (κ2) is 14.3. The van der Waals surface area contributed by atoms with Crippen LogP contribution in [0.1, 0.15) is 136 Å². The molecule has 0 amide bonds. The van der Waals surface area contributed by atoms with Crippen LogP contribution in [0.4, 0.5) is 0 Å². The number of rotatable bonds is 6. The quantitative estimate of drug-likeness (QED) is 0.304. The maximum Gasteiger partial charge on any atom is 3.00 e. The third-order valence-corrected chi connectivity index (χ3v) is 8.21. The van der Waals surface area contributed by atoms with Gasteiger partial charge in [-0.1, -0.05) is 83.0 Å². The van der Waals surface area contributed by atoms with Gasteiger partial charge in [-0.3, -0.25) is 0 Å². The monoisotopic (exact) mass is 460 g/mol. The van der Waals surface area contributed by atoms with Gasteiger partial charge in [-0.2, -0.15) is 16.7 Å². The minimum atomic E-state index is 0. The van der Waals surface area contributed by atoms with E-state index in [9.17, 15) is 0 Å². The largest absolute Gasteiger partial charge is 3.00 e. The first-order valence-electron chi connectivity index (χ1n) is 12.7. The molecule has 0 atom stereocenters. The van der Waals surface area contributed by atoms with Crippen LogP contribution in [0, 0.1) is 14.9 Å². The van der Waals surface area contributed by atoms with Gasteiger partial charge in [0.25, 0.3) is 0 Å². The topological polar surface area (TPSA) is 3.24 Å². The Bertz CT molecular complexity index is 598. The molecule has 4 rings (SSSR count). The molecule has 0 unspecified atom stereocenters. The van der Waals surface area contributed by atoms with Gasteiger partial charge in [0.15, 0.2) is 0 Å². The van der Waals surface area contributed by atoms with Crippen LogP contribution in [-0.2, 0) is 28.1 Å². The van der Waals surface area contributed by atoms with E-state index in [4.69, 9.17) is 0 Å². The zero-order chi connectivity index (χ0) is 19.3. The molecular formula is C29H50NTi. The van der Waals surface area contributed by atoms with E-state index in [1.165, 1.54) is 109 Å². The SMILES string of the molecule is CN(C)CC[c-]1c(C2CCCCC2)cc(C2CCCCC2)c1C1CCCCC1.[CH3-].[CH3-].[Ti+3]. The van der Waals surface area contributed by atoms with E-state index in [2.05, 4.69) is 25.1 Å². The van der Waals surface area contributed by atoms with E-state index in [0.29, 0.717) is 0 Å².